The van der Waals surface area contributed by atoms with Gasteiger partial charge in [-0.3, -0.25) is 23.4 Å². The molecule has 0 spiro atoms. The monoisotopic (exact) mass is 477 g/mol. The number of aryl methyl sites for hydroxylation is 1. The summed E-state index contributed by atoms with van der Waals surface area (Å²) in [4.78, 5) is 38.4. The molecule has 1 fully saturated rings. The van der Waals surface area contributed by atoms with Crippen molar-refractivity contribution in [1.82, 2.24) is 23.6 Å². The minimum Gasteiger partial charge on any atom is -0.298 e. The molecule has 2 aromatic heterocycles. The fraction of sp³-hybridized carbons (Fsp3) is 0.429. The second-order valence-corrected chi connectivity index (χ2v) is 10.1. The van der Waals surface area contributed by atoms with Crippen molar-refractivity contribution in [2.45, 2.75) is 49.7 Å². The highest BCUT2D eigenvalue weighted by Crippen LogP contribution is 2.37. The molecule has 10 nitrogen and oxygen atoms in total. The molecule has 1 aliphatic rings. The number of nitrogens with zero attached hydrogens (tertiary/aromatic N) is 4. The Morgan fingerprint density at radius 1 is 1.24 bits per heavy atom. The van der Waals surface area contributed by atoms with E-state index in [4.69, 9.17) is 0 Å². The van der Waals surface area contributed by atoms with Crippen LogP contribution < -0.4 is 16.0 Å². The van der Waals surface area contributed by atoms with Gasteiger partial charge in [-0.15, -0.1) is 0 Å². The van der Waals surface area contributed by atoms with Crippen LogP contribution in [0.3, 0.4) is 0 Å². The van der Waals surface area contributed by atoms with Crippen LogP contribution in [0.1, 0.15) is 31.7 Å². The molecular weight excluding hydrogens is 453 g/mol. The van der Waals surface area contributed by atoms with Crippen molar-refractivity contribution in [2.24, 2.45) is 7.05 Å². The average molecular weight is 478 g/mol. The van der Waals surface area contributed by atoms with Gasteiger partial charge in [0, 0.05) is 25.2 Å². The highest BCUT2D eigenvalue weighted by atomic mass is 32.2. The third-order valence-electron chi connectivity index (χ3n) is 5.79. The Bertz CT molecular complexity index is 1470. The minimum absolute atomic E-state index is 0.0321. The number of nitrogens with one attached hydrogen (secondary N) is 1. The minimum atomic E-state index is -4.10. The largest absolute Gasteiger partial charge is 0.332 e. The second kappa shape index (κ2) is 8.34. The fourth-order valence-electron chi connectivity index (χ4n) is 3.64. The fourth-order valence-corrected chi connectivity index (χ4v) is 5.11. The molecule has 2 heterocycles. The molecule has 176 valence electrons. The Hall–Kier alpha value is -3.12. The predicted octanol–water partition coefficient (Wildman–Crippen LogP) is 0.705. The zero-order valence-electron chi connectivity index (χ0n) is 18.2. The van der Waals surface area contributed by atoms with Gasteiger partial charge in [-0.25, -0.2) is 22.3 Å². The highest BCUT2D eigenvalue weighted by molar-refractivity contribution is 7.89. The number of halogens is 1. The third-order valence-corrected chi connectivity index (χ3v) is 7.37. The molecule has 12 heteroatoms. The predicted molar refractivity (Wildman–Crippen MR) is 118 cm³/mol. The summed E-state index contributed by atoms with van der Waals surface area (Å²) in [5.74, 6) is -0.220. The lowest BCUT2D eigenvalue weighted by atomic mass is 10.2. The Labute approximate surface area is 188 Å². The third kappa shape index (κ3) is 4.40. The van der Waals surface area contributed by atoms with Gasteiger partial charge in [-0.05, 0) is 31.0 Å². The van der Waals surface area contributed by atoms with Gasteiger partial charge in [0.15, 0.2) is 5.78 Å². The number of benzene rings is 1. The van der Waals surface area contributed by atoms with E-state index in [0.29, 0.717) is 18.4 Å². The molecule has 0 radical (unpaired) electrons. The van der Waals surface area contributed by atoms with E-state index in [1.54, 1.807) is 20.2 Å². The number of fused-ring (bicyclic) bond motifs is 1. The molecule has 0 saturated heterocycles. The Balaban J connectivity index is 1.89. The van der Waals surface area contributed by atoms with E-state index < -0.39 is 33.5 Å². The van der Waals surface area contributed by atoms with Crippen LogP contribution in [-0.2, 0) is 35.0 Å². The Morgan fingerprint density at radius 2 is 1.97 bits per heavy atom. The molecular formula is C21H24FN5O5S. The van der Waals surface area contributed by atoms with Gasteiger partial charge in [0.25, 0.3) is 5.56 Å². The quantitative estimate of drug-likeness (QED) is 0.484. The highest BCUT2D eigenvalue weighted by Gasteiger charge is 2.46. The first-order chi connectivity index (χ1) is 15.6. The Morgan fingerprint density at radius 3 is 2.55 bits per heavy atom. The standard InChI is InChI=1S/C21H24FN5O5S/c1-3-15(28)12-26-18-5-4-16(33(31,32)24-21(13-22)6-7-21)8-17(18)19(29)27(20(26)30)11-14-9-23-25(2)10-14/h4-5,8-10,24H,3,6-7,11-13H2,1-2H3. The van der Waals surface area contributed by atoms with Crippen LogP contribution in [0.2, 0.25) is 0 Å². The van der Waals surface area contributed by atoms with Crippen molar-refractivity contribution in [3.8, 4) is 0 Å². The lowest BCUT2D eigenvalue weighted by Crippen LogP contribution is -2.41. The average Bonchev–Trinajstić information content (AvgIpc) is 3.43. The number of ketones is 1. The molecule has 3 aromatic rings. The summed E-state index contributed by atoms with van der Waals surface area (Å²) in [6.45, 7) is 0.489. The zero-order valence-corrected chi connectivity index (χ0v) is 19.1. The first kappa shape index (κ1) is 23.1. The molecule has 0 bridgehead atoms. The van der Waals surface area contributed by atoms with Gasteiger partial charge in [0.1, 0.15) is 6.67 Å². The summed E-state index contributed by atoms with van der Waals surface area (Å²) < 4.78 is 44.9. The van der Waals surface area contributed by atoms with Crippen molar-refractivity contribution in [3.05, 3.63) is 57.0 Å². The van der Waals surface area contributed by atoms with Crippen LogP contribution in [0.4, 0.5) is 4.39 Å². The van der Waals surface area contributed by atoms with Crippen molar-refractivity contribution < 1.29 is 17.6 Å². The van der Waals surface area contributed by atoms with E-state index in [-0.39, 0.29) is 41.1 Å². The summed E-state index contributed by atoms with van der Waals surface area (Å²) in [5, 5.41) is 4.00. The van der Waals surface area contributed by atoms with Crippen LogP contribution in [0, 0.1) is 0 Å². The van der Waals surface area contributed by atoms with Crippen LogP contribution in [0.25, 0.3) is 10.9 Å². The van der Waals surface area contributed by atoms with Crippen molar-refractivity contribution in [3.63, 3.8) is 0 Å². The maximum Gasteiger partial charge on any atom is 0.332 e. The first-order valence-electron chi connectivity index (χ1n) is 10.5. The molecule has 33 heavy (non-hydrogen) atoms. The molecule has 4 rings (SSSR count). The molecule has 0 amide bonds. The number of carbonyl (C=O) groups is 1. The number of Topliss-reactive ketones (excluding diaryl/α,β-unsaturated/α-hetero) is 1. The summed E-state index contributed by atoms with van der Waals surface area (Å²) in [6.07, 6.45) is 4.14. The summed E-state index contributed by atoms with van der Waals surface area (Å²) in [5.41, 5.74) is -1.72. The number of hydrogen-bond donors (Lipinski definition) is 1. The van der Waals surface area contributed by atoms with E-state index in [0.717, 1.165) is 4.57 Å². The molecule has 0 aliphatic heterocycles. The smallest absolute Gasteiger partial charge is 0.298 e. The first-order valence-corrected chi connectivity index (χ1v) is 11.9. The van der Waals surface area contributed by atoms with Gasteiger partial charge in [0.05, 0.1) is 40.6 Å². The van der Waals surface area contributed by atoms with Gasteiger partial charge >= 0.3 is 5.69 Å². The number of carbonyl (C=O) groups excluding carboxylic acids is 1. The topological polar surface area (TPSA) is 125 Å². The van der Waals surface area contributed by atoms with Gasteiger partial charge < -0.3 is 0 Å². The summed E-state index contributed by atoms with van der Waals surface area (Å²) in [7, 11) is -2.41. The van der Waals surface area contributed by atoms with Crippen LogP contribution >= 0.6 is 0 Å². The number of aromatic nitrogens is 4. The van der Waals surface area contributed by atoms with E-state index in [9.17, 15) is 27.2 Å². The maximum atomic E-state index is 13.3. The van der Waals surface area contributed by atoms with E-state index >= 15 is 0 Å². The molecule has 0 atom stereocenters. The van der Waals surface area contributed by atoms with Gasteiger partial charge in [-0.2, -0.15) is 5.10 Å². The molecule has 1 saturated carbocycles. The van der Waals surface area contributed by atoms with Crippen LogP contribution in [0.15, 0.2) is 45.1 Å². The second-order valence-electron chi connectivity index (χ2n) is 8.37. The number of rotatable bonds is 9. The lowest BCUT2D eigenvalue weighted by molar-refractivity contribution is -0.119. The lowest BCUT2D eigenvalue weighted by Gasteiger charge is -2.16. The van der Waals surface area contributed by atoms with Gasteiger partial charge in [0.2, 0.25) is 10.0 Å². The normalized spacial score (nSPS) is 15.1. The van der Waals surface area contributed by atoms with Crippen molar-refractivity contribution in [2.75, 3.05) is 6.67 Å². The number of sulfonamides is 1. The molecule has 1 aliphatic carbocycles. The van der Waals surface area contributed by atoms with E-state index in [1.165, 1.54) is 33.6 Å². The van der Waals surface area contributed by atoms with Crippen LogP contribution in [0.5, 0.6) is 0 Å². The molecule has 0 unspecified atom stereocenters. The van der Waals surface area contributed by atoms with Crippen LogP contribution in [-0.4, -0.2) is 45.3 Å². The van der Waals surface area contributed by atoms with Crippen molar-refractivity contribution >= 4 is 26.7 Å². The summed E-state index contributed by atoms with van der Waals surface area (Å²) in [6, 6.07) is 3.75. The Kier molecular flexibility index (Phi) is 5.83. The zero-order chi connectivity index (χ0) is 24.0. The summed E-state index contributed by atoms with van der Waals surface area (Å²) >= 11 is 0. The molecule has 1 N–H and O–H groups in total. The number of hydrogen-bond acceptors (Lipinski definition) is 6. The van der Waals surface area contributed by atoms with Gasteiger partial charge in [-0.1, -0.05) is 6.92 Å². The van der Waals surface area contributed by atoms with E-state index in [1.807, 2.05) is 0 Å². The van der Waals surface area contributed by atoms with Crippen molar-refractivity contribution in [1.29, 1.82) is 0 Å². The SMILES string of the molecule is CCC(=O)Cn1c(=O)n(Cc2cnn(C)c2)c(=O)c2cc(S(=O)(=O)NC3(CF)CC3)ccc21. The number of alkyl halides is 1. The van der Waals surface area contributed by atoms with E-state index in [2.05, 4.69) is 9.82 Å². The molecule has 1 aromatic carbocycles. The maximum absolute atomic E-state index is 13.3.